The summed E-state index contributed by atoms with van der Waals surface area (Å²) < 4.78 is 51.4. The van der Waals surface area contributed by atoms with Crippen LogP contribution < -0.4 is 10.9 Å². The number of nitrogens with one attached hydrogen (secondary N) is 1. The number of carbonyl (C=O) groups excluding carboxylic acids is 2. The summed E-state index contributed by atoms with van der Waals surface area (Å²) in [6, 6.07) is 7.54. The molecule has 172 valence electrons. The minimum absolute atomic E-state index is 0.0305. The maximum atomic E-state index is 13.2. The molecule has 0 radical (unpaired) electrons. The standard InChI is InChI=1S/C22H23F3N2O5/c1-12(28)31-18-15(13-6-5-7-14(10-13)22(23,24)25)11-27-17(18)9-8-16(19(27)29)26-20(30)32-21(2,3)4/h5-10,15,18H,11H2,1-4H3,(H,26,30). The van der Waals surface area contributed by atoms with E-state index >= 15 is 0 Å². The zero-order valence-electron chi connectivity index (χ0n) is 17.9. The number of hydrogen-bond donors (Lipinski definition) is 1. The molecule has 1 aromatic carbocycles. The Labute approximate surface area is 182 Å². The SMILES string of the molecule is CC(=O)OC1c2ccc(NC(=O)OC(C)(C)C)c(=O)n2CC1c1cccc(C(F)(F)F)c1. The Kier molecular flexibility index (Phi) is 6.08. The maximum absolute atomic E-state index is 13.2. The van der Waals surface area contributed by atoms with Crippen LogP contribution in [-0.2, 0) is 27.0 Å². The Morgan fingerprint density at radius 3 is 2.41 bits per heavy atom. The molecule has 2 unspecified atom stereocenters. The van der Waals surface area contributed by atoms with E-state index in [0.29, 0.717) is 5.69 Å². The minimum Gasteiger partial charge on any atom is -0.455 e. The van der Waals surface area contributed by atoms with E-state index in [1.54, 1.807) is 20.8 Å². The fraction of sp³-hybridized carbons (Fsp3) is 0.409. The number of esters is 1. The molecule has 1 aliphatic rings. The molecule has 1 aliphatic heterocycles. The second-order valence-corrected chi connectivity index (χ2v) is 8.47. The second-order valence-electron chi connectivity index (χ2n) is 8.47. The number of amides is 1. The molecule has 2 atom stereocenters. The highest BCUT2D eigenvalue weighted by Crippen LogP contribution is 2.42. The van der Waals surface area contributed by atoms with Crippen molar-refractivity contribution in [1.82, 2.24) is 4.57 Å². The second kappa shape index (κ2) is 8.33. The lowest BCUT2D eigenvalue weighted by molar-refractivity contribution is -0.147. The van der Waals surface area contributed by atoms with Crippen molar-refractivity contribution in [2.75, 3.05) is 5.32 Å². The number of benzene rings is 1. The van der Waals surface area contributed by atoms with E-state index in [2.05, 4.69) is 5.32 Å². The van der Waals surface area contributed by atoms with Crippen molar-refractivity contribution >= 4 is 17.7 Å². The zero-order chi connectivity index (χ0) is 23.8. The number of halogens is 3. The van der Waals surface area contributed by atoms with Gasteiger partial charge in [0.05, 0.1) is 11.3 Å². The van der Waals surface area contributed by atoms with Crippen molar-refractivity contribution in [2.24, 2.45) is 0 Å². The highest BCUT2D eigenvalue weighted by molar-refractivity contribution is 5.84. The number of nitrogens with zero attached hydrogens (tertiary/aromatic N) is 1. The normalized spacial score (nSPS) is 18.1. The number of anilines is 1. The summed E-state index contributed by atoms with van der Waals surface area (Å²) in [7, 11) is 0. The van der Waals surface area contributed by atoms with Gasteiger partial charge in [-0.15, -0.1) is 0 Å². The van der Waals surface area contributed by atoms with Gasteiger partial charge in [0.1, 0.15) is 11.3 Å². The first-order chi connectivity index (χ1) is 14.8. The summed E-state index contributed by atoms with van der Waals surface area (Å²) in [6.45, 7) is 6.17. The largest absolute Gasteiger partial charge is 0.455 e. The van der Waals surface area contributed by atoms with E-state index < -0.39 is 47.0 Å². The van der Waals surface area contributed by atoms with Crippen molar-refractivity contribution < 1.29 is 32.2 Å². The van der Waals surface area contributed by atoms with Crippen LogP contribution in [0.15, 0.2) is 41.2 Å². The number of pyridine rings is 1. The number of rotatable bonds is 3. The Balaban J connectivity index is 1.98. The maximum Gasteiger partial charge on any atom is 0.416 e. The summed E-state index contributed by atoms with van der Waals surface area (Å²) in [6.07, 6.45) is -6.32. The molecule has 1 N–H and O–H groups in total. The number of hydrogen-bond acceptors (Lipinski definition) is 5. The van der Waals surface area contributed by atoms with E-state index in [0.717, 1.165) is 12.1 Å². The Hall–Kier alpha value is -3.30. The van der Waals surface area contributed by atoms with E-state index in [1.807, 2.05) is 0 Å². The Morgan fingerprint density at radius 2 is 1.81 bits per heavy atom. The van der Waals surface area contributed by atoms with Crippen molar-refractivity contribution in [2.45, 2.75) is 58.0 Å². The first kappa shape index (κ1) is 23.4. The summed E-state index contributed by atoms with van der Waals surface area (Å²) in [5.74, 6) is -1.35. The third-order valence-corrected chi connectivity index (χ3v) is 4.81. The monoisotopic (exact) mass is 452 g/mol. The molecule has 0 saturated heterocycles. The van der Waals surface area contributed by atoms with Crippen molar-refractivity contribution in [1.29, 1.82) is 0 Å². The van der Waals surface area contributed by atoms with Gasteiger partial charge in [-0.2, -0.15) is 13.2 Å². The predicted octanol–water partition coefficient (Wildman–Crippen LogP) is 4.62. The first-order valence-corrected chi connectivity index (χ1v) is 9.84. The molecule has 0 bridgehead atoms. The summed E-state index contributed by atoms with van der Waals surface area (Å²) >= 11 is 0. The number of fused-ring (bicyclic) bond motifs is 1. The summed E-state index contributed by atoms with van der Waals surface area (Å²) in [5.41, 5.74) is -1.66. The molecular weight excluding hydrogens is 429 g/mol. The first-order valence-electron chi connectivity index (χ1n) is 9.84. The zero-order valence-corrected chi connectivity index (χ0v) is 17.9. The van der Waals surface area contributed by atoms with Gasteiger partial charge in [0.2, 0.25) is 0 Å². The molecular formula is C22H23F3N2O5. The predicted molar refractivity (Wildman–Crippen MR) is 109 cm³/mol. The molecule has 0 spiro atoms. The van der Waals surface area contributed by atoms with Gasteiger partial charge < -0.3 is 14.0 Å². The number of ether oxygens (including phenoxy) is 2. The average molecular weight is 452 g/mol. The van der Waals surface area contributed by atoms with Gasteiger partial charge in [0.25, 0.3) is 5.56 Å². The smallest absolute Gasteiger partial charge is 0.416 e. The fourth-order valence-corrected chi connectivity index (χ4v) is 3.58. The van der Waals surface area contributed by atoms with E-state index in [-0.39, 0.29) is 17.8 Å². The van der Waals surface area contributed by atoms with E-state index in [9.17, 15) is 27.6 Å². The molecule has 1 aromatic heterocycles. The van der Waals surface area contributed by atoms with Crippen LogP contribution >= 0.6 is 0 Å². The topological polar surface area (TPSA) is 86.6 Å². The van der Waals surface area contributed by atoms with Gasteiger partial charge in [0.15, 0.2) is 6.10 Å². The summed E-state index contributed by atoms with van der Waals surface area (Å²) in [4.78, 5) is 36.7. The van der Waals surface area contributed by atoms with Gasteiger partial charge in [-0.05, 0) is 44.5 Å². The number of alkyl halides is 3. The van der Waals surface area contributed by atoms with Crippen LogP contribution in [0.3, 0.4) is 0 Å². The lowest BCUT2D eigenvalue weighted by Crippen LogP contribution is -2.31. The van der Waals surface area contributed by atoms with E-state index in [1.165, 1.54) is 35.8 Å². The van der Waals surface area contributed by atoms with Crippen LogP contribution in [-0.4, -0.2) is 22.2 Å². The average Bonchev–Trinajstić information content (AvgIpc) is 3.00. The lowest BCUT2D eigenvalue weighted by Gasteiger charge is -2.20. The molecule has 3 rings (SSSR count). The molecule has 32 heavy (non-hydrogen) atoms. The Morgan fingerprint density at radius 1 is 1.12 bits per heavy atom. The van der Waals surface area contributed by atoms with Crippen LogP contribution in [0.25, 0.3) is 0 Å². The lowest BCUT2D eigenvalue weighted by atomic mass is 9.93. The third kappa shape index (κ3) is 5.12. The highest BCUT2D eigenvalue weighted by Gasteiger charge is 2.39. The Bertz CT molecular complexity index is 1100. The molecule has 2 heterocycles. The quantitative estimate of drug-likeness (QED) is 0.687. The number of carbonyl (C=O) groups is 2. The van der Waals surface area contributed by atoms with Crippen LogP contribution in [0.5, 0.6) is 0 Å². The molecule has 10 heteroatoms. The van der Waals surface area contributed by atoms with Gasteiger partial charge in [-0.3, -0.25) is 14.9 Å². The van der Waals surface area contributed by atoms with Crippen molar-refractivity contribution in [3.05, 3.63) is 63.6 Å². The third-order valence-electron chi connectivity index (χ3n) is 4.81. The van der Waals surface area contributed by atoms with Gasteiger partial charge >= 0.3 is 18.2 Å². The molecule has 1 amide bonds. The molecule has 0 aliphatic carbocycles. The van der Waals surface area contributed by atoms with Gasteiger partial charge in [-0.1, -0.05) is 18.2 Å². The fourth-order valence-electron chi connectivity index (χ4n) is 3.58. The van der Waals surface area contributed by atoms with Crippen LogP contribution in [0.1, 0.15) is 56.5 Å². The van der Waals surface area contributed by atoms with E-state index in [4.69, 9.17) is 9.47 Å². The number of aromatic nitrogens is 1. The molecule has 2 aromatic rings. The molecule has 0 fully saturated rings. The molecule has 7 nitrogen and oxygen atoms in total. The minimum atomic E-state index is -4.54. The summed E-state index contributed by atoms with van der Waals surface area (Å²) in [5, 5.41) is 2.38. The van der Waals surface area contributed by atoms with Crippen LogP contribution in [0.4, 0.5) is 23.7 Å². The highest BCUT2D eigenvalue weighted by atomic mass is 19.4. The molecule has 0 saturated carbocycles. The van der Waals surface area contributed by atoms with Crippen molar-refractivity contribution in [3.63, 3.8) is 0 Å². The van der Waals surface area contributed by atoms with Gasteiger partial charge in [0, 0.05) is 19.4 Å². The van der Waals surface area contributed by atoms with Crippen molar-refractivity contribution in [3.8, 4) is 0 Å². The van der Waals surface area contributed by atoms with Gasteiger partial charge in [-0.25, -0.2) is 4.79 Å². The van der Waals surface area contributed by atoms with Crippen LogP contribution in [0.2, 0.25) is 0 Å². The van der Waals surface area contributed by atoms with Crippen LogP contribution in [0, 0.1) is 0 Å².